The summed E-state index contributed by atoms with van der Waals surface area (Å²) in [5.74, 6) is 4.77. The summed E-state index contributed by atoms with van der Waals surface area (Å²) in [5.41, 5.74) is 0.818. The van der Waals surface area contributed by atoms with Crippen LogP contribution in [0.1, 0.15) is 30.8 Å². The van der Waals surface area contributed by atoms with Gasteiger partial charge in [-0.05, 0) is 24.5 Å². The molecule has 1 N–H and O–H groups in total. The number of benzene rings is 1. The fourth-order valence-corrected chi connectivity index (χ4v) is 2.86. The largest absolute Gasteiger partial charge is 0.464 e. The molecule has 0 spiro atoms. The zero-order chi connectivity index (χ0) is 14.4. The topological polar surface area (TPSA) is 43.6 Å². The summed E-state index contributed by atoms with van der Waals surface area (Å²) in [6.45, 7) is 3.09. The summed E-state index contributed by atoms with van der Waals surface area (Å²) < 4.78 is 16.5. The molecule has 1 aromatic carbocycles. The summed E-state index contributed by atoms with van der Waals surface area (Å²) in [4.78, 5) is 0. The van der Waals surface area contributed by atoms with E-state index in [4.69, 9.17) is 25.5 Å². The van der Waals surface area contributed by atoms with E-state index in [1.54, 1.807) is 6.07 Å². The van der Waals surface area contributed by atoms with E-state index >= 15 is 0 Å². The van der Waals surface area contributed by atoms with Gasteiger partial charge in [-0.1, -0.05) is 18.5 Å². The van der Waals surface area contributed by atoms with Gasteiger partial charge in [-0.25, -0.2) is 0 Å². The van der Waals surface area contributed by atoms with Crippen LogP contribution < -0.4 is 14.8 Å². The molecule has 1 fully saturated rings. The average molecular weight is 306 g/mol. The molecule has 4 nitrogen and oxygen atoms in total. The van der Waals surface area contributed by atoms with Crippen LogP contribution in [0, 0.1) is 5.92 Å². The highest BCUT2D eigenvalue weighted by molar-refractivity contribution is 6.33. The quantitative estimate of drug-likeness (QED) is 0.909. The molecule has 2 atom stereocenters. The van der Waals surface area contributed by atoms with E-state index < -0.39 is 0 Å². The van der Waals surface area contributed by atoms with E-state index in [-0.39, 0.29) is 6.79 Å². The monoisotopic (exact) mass is 305 g/mol. The maximum atomic E-state index is 6.23. The highest BCUT2D eigenvalue weighted by atomic mass is 35.5. The van der Waals surface area contributed by atoms with Gasteiger partial charge in [0.2, 0.25) is 6.79 Å². The summed E-state index contributed by atoms with van der Waals surface area (Å²) in [7, 11) is 0. The minimum absolute atomic E-state index is 0.246. The first kappa shape index (κ1) is 12.9. The van der Waals surface area contributed by atoms with Crippen molar-refractivity contribution in [2.24, 2.45) is 5.92 Å². The van der Waals surface area contributed by atoms with Crippen molar-refractivity contribution >= 4 is 17.3 Å². The second-order valence-corrected chi connectivity index (χ2v) is 6.07. The Morgan fingerprint density at radius 1 is 1.24 bits per heavy atom. The Kier molecular flexibility index (Phi) is 3.00. The average Bonchev–Trinajstić information content (AvgIpc) is 2.91. The van der Waals surface area contributed by atoms with Crippen molar-refractivity contribution in [1.29, 1.82) is 0 Å². The molecule has 0 radical (unpaired) electrons. The highest BCUT2D eigenvalue weighted by Gasteiger charge is 2.36. The van der Waals surface area contributed by atoms with Gasteiger partial charge in [0.05, 0.1) is 17.3 Å². The van der Waals surface area contributed by atoms with Crippen molar-refractivity contribution in [3.05, 3.63) is 40.8 Å². The summed E-state index contributed by atoms with van der Waals surface area (Å²) >= 11 is 6.23. The minimum atomic E-state index is 0.246. The summed E-state index contributed by atoms with van der Waals surface area (Å²) in [6, 6.07) is 7.73. The van der Waals surface area contributed by atoms with Gasteiger partial charge in [0.25, 0.3) is 0 Å². The first-order valence-electron chi connectivity index (χ1n) is 7.12. The second kappa shape index (κ2) is 4.88. The molecule has 5 heteroatoms. The molecular formula is C16H16ClNO3. The molecule has 0 bridgehead atoms. The fourth-order valence-electron chi connectivity index (χ4n) is 2.64. The maximum Gasteiger partial charge on any atom is 0.231 e. The van der Waals surface area contributed by atoms with Crippen molar-refractivity contribution < 1.29 is 13.9 Å². The van der Waals surface area contributed by atoms with Crippen molar-refractivity contribution in [1.82, 2.24) is 0 Å². The number of ether oxygens (including phenoxy) is 2. The van der Waals surface area contributed by atoms with Crippen molar-refractivity contribution in [3.8, 4) is 11.5 Å². The number of nitrogens with one attached hydrogen (secondary N) is 1. The Morgan fingerprint density at radius 3 is 2.76 bits per heavy atom. The number of fused-ring (bicyclic) bond motifs is 1. The standard InChI is InChI=1S/C16H16ClNO3/c1-9-4-11(9)14-3-2-10(21-14)7-18-13-6-16-15(5-12(13)17)19-8-20-16/h2-3,5-6,9,11,18H,4,7-8H2,1H3. The lowest BCUT2D eigenvalue weighted by Gasteiger charge is -2.08. The van der Waals surface area contributed by atoms with Crippen LogP contribution in [0.2, 0.25) is 5.02 Å². The number of hydrogen-bond acceptors (Lipinski definition) is 4. The molecule has 1 aromatic heterocycles. The van der Waals surface area contributed by atoms with Gasteiger partial charge in [0.15, 0.2) is 11.5 Å². The van der Waals surface area contributed by atoms with Gasteiger partial charge in [-0.3, -0.25) is 0 Å². The molecule has 2 aromatic rings. The van der Waals surface area contributed by atoms with Crippen LogP contribution in [0.15, 0.2) is 28.7 Å². The van der Waals surface area contributed by atoms with E-state index in [0.29, 0.717) is 29.0 Å². The molecule has 2 aliphatic rings. The van der Waals surface area contributed by atoms with E-state index in [1.165, 1.54) is 6.42 Å². The first-order valence-corrected chi connectivity index (χ1v) is 7.50. The minimum Gasteiger partial charge on any atom is -0.464 e. The molecule has 0 amide bonds. The second-order valence-electron chi connectivity index (χ2n) is 5.66. The Labute approximate surface area is 128 Å². The molecule has 0 saturated heterocycles. The highest BCUT2D eigenvalue weighted by Crippen LogP contribution is 2.47. The van der Waals surface area contributed by atoms with Crippen LogP contribution in [0.5, 0.6) is 11.5 Å². The molecule has 110 valence electrons. The molecule has 1 aliphatic heterocycles. The van der Waals surface area contributed by atoms with Gasteiger partial charge in [-0.15, -0.1) is 0 Å². The number of furan rings is 1. The number of rotatable bonds is 4. The van der Waals surface area contributed by atoms with Gasteiger partial charge in [0, 0.05) is 18.1 Å². The van der Waals surface area contributed by atoms with E-state index in [9.17, 15) is 0 Å². The Bertz CT molecular complexity index is 682. The predicted molar refractivity (Wildman–Crippen MR) is 80.1 cm³/mol. The van der Waals surface area contributed by atoms with Crippen molar-refractivity contribution in [2.75, 3.05) is 12.1 Å². The predicted octanol–water partition coefficient (Wildman–Crippen LogP) is 4.40. The third-order valence-electron chi connectivity index (χ3n) is 4.07. The van der Waals surface area contributed by atoms with Crippen LogP contribution in [0.3, 0.4) is 0 Å². The number of hydrogen-bond donors (Lipinski definition) is 1. The fraction of sp³-hybridized carbons (Fsp3) is 0.375. The lowest BCUT2D eigenvalue weighted by molar-refractivity contribution is 0.174. The van der Waals surface area contributed by atoms with E-state index in [0.717, 1.165) is 23.1 Å². The van der Waals surface area contributed by atoms with E-state index in [2.05, 4.69) is 18.3 Å². The van der Waals surface area contributed by atoms with Crippen LogP contribution >= 0.6 is 11.6 Å². The Morgan fingerprint density at radius 2 is 2.00 bits per heavy atom. The van der Waals surface area contributed by atoms with Crippen molar-refractivity contribution in [3.63, 3.8) is 0 Å². The lowest BCUT2D eigenvalue weighted by atomic mass is 10.2. The summed E-state index contributed by atoms with van der Waals surface area (Å²) in [6.07, 6.45) is 1.23. The SMILES string of the molecule is CC1CC1c1ccc(CNc2cc3c(cc2Cl)OCO3)o1. The molecule has 1 aliphatic carbocycles. The lowest BCUT2D eigenvalue weighted by Crippen LogP contribution is -1.98. The third kappa shape index (κ3) is 2.44. The zero-order valence-electron chi connectivity index (χ0n) is 11.7. The summed E-state index contributed by atoms with van der Waals surface area (Å²) in [5, 5.41) is 3.89. The van der Waals surface area contributed by atoms with Gasteiger partial charge in [-0.2, -0.15) is 0 Å². The molecule has 1 saturated carbocycles. The van der Waals surface area contributed by atoms with Crippen LogP contribution in [0.25, 0.3) is 0 Å². The Balaban J connectivity index is 1.46. The normalized spacial score (nSPS) is 22.4. The molecule has 2 unspecified atom stereocenters. The van der Waals surface area contributed by atoms with Crippen LogP contribution in [-0.4, -0.2) is 6.79 Å². The number of halogens is 1. The van der Waals surface area contributed by atoms with Gasteiger partial charge in [0.1, 0.15) is 11.5 Å². The third-order valence-corrected chi connectivity index (χ3v) is 4.39. The molecule has 2 heterocycles. The smallest absolute Gasteiger partial charge is 0.231 e. The molecular weight excluding hydrogens is 290 g/mol. The number of anilines is 1. The van der Waals surface area contributed by atoms with Crippen LogP contribution in [0.4, 0.5) is 5.69 Å². The van der Waals surface area contributed by atoms with Crippen molar-refractivity contribution in [2.45, 2.75) is 25.8 Å². The first-order chi connectivity index (χ1) is 10.2. The zero-order valence-corrected chi connectivity index (χ0v) is 12.4. The van der Waals surface area contributed by atoms with Crippen LogP contribution in [-0.2, 0) is 6.54 Å². The maximum absolute atomic E-state index is 6.23. The van der Waals surface area contributed by atoms with Gasteiger partial charge >= 0.3 is 0 Å². The Hall–Kier alpha value is -1.81. The van der Waals surface area contributed by atoms with Gasteiger partial charge < -0.3 is 19.2 Å². The van der Waals surface area contributed by atoms with E-state index in [1.807, 2.05) is 12.1 Å². The molecule has 4 rings (SSSR count). The molecule has 21 heavy (non-hydrogen) atoms.